The summed E-state index contributed by atoms with van der Waals surface area (Å²) in [6.07, 6.45) is 1.78. The zero-order chi connectivity index (χ0) is 18.1. The van der Waals surface area contributed by atoms with Crippen molar-refractivity contribution in [2.45, 2.75) is 37.9 Å². The lowest BCUT2D eigenvalue weighted by Crippen LogP contribution is -2.55. The number of ether oxygens (including phenoxy) is 1. The van der Waals surface area contributed by atoms with Crippen LogP contribution in [0.1, 0.15) is 25.7 Å². The molecule has 3 fully saturated rings. The van der Waals surface area contributed by atoms with Gasteiger partial charge in [0.1, 0.15) is 0 Å². The number of carbonyl (C=O) groups is 2. The van der Waals surface area contributed by atoms with Crippen LogP contribution in [0, 0.1) is 5.92 Å². The van der Waals surface area contributed by atoms with Gasteiger partial charge in [-0.1, -0.05) is 0 Å². The average Bonchev–Trinajstić information content (AvgIpc) is 3.50. The number of nitrogens with zero attached hydrogens (tertiary/aromatic N) is 4. The van der Waals surface area contributed by atoms with Crippen LogP contribution >= 0.6 is 0 Å². The minimum Gasteiger partial charge on any atom is -0.381 e. The Labute approximate surface area is 151 Å². The molecule has 26 heavy (non-hydrogen) atoms. The fraction of sp³-hybridized carbons (Fsp3) is 0.765. The van der Waals surface area contributed by atoms with E-state index in [0.29, 0.717) is 51.1 Å². The summed E-state index contributed by atoms with van der Waals surface area (Å²) in [5.74, 6) is -0.363. The van der Waals surface area contributed by atoms with Gasteiger partial charge in [0.25, 0.3) is 5.91 Å². The monoisotopic (exact) mass is 365 g/mol. The molecule has 0 radical (unpaired) electrons. The first-order valence-electron chi connectivity index (χ1n) is 9.35. The van der Waals surface area contributed by atoms with Crippen molar-refractivity contribution in [3.63, 3.8) is 0 Å². The number of nitrogens with one attached hydrogen (secondary N) is 1. The van der Waals surface area contributed by atoms with E-state index in [4.69, 9.17) is 4.74 Å². The second kappa shape index (κ2) is 7.30. The SMILES string of the molecule is O=C1N=C(N2CCN(C(=O)NC3CCOCC3)CC2)N=C(C2CC2)C1F. The highest BCUT2D eigenvalue weighted by atomic mass is 19.1. The first-order chi connectivity index (χ1) is 12.6. The Morgan fingerprint density at radius 1 is 1.08 bits per heavy atom. The number of alkyl halides is 1. The summed E-state index contributed by atoms with van der Waals surface area (Å²) >= 11 is 0. The summed E-state index contributed by atoms with van der Waals surface area (Å²) in [4.78, 5) is 36.0. The molecule has 0 bridgehead atoms. The molecule has 2 saturated heterocycles. The highest BCUT2D eigenvalue weighted by Crippen LogP contribution is 2.34. The van der Waals surface area contributed by atoms with Crippen molar-refractivity contribution in [1.82, 2.24) is 15.1 Å². The Kier molecular flexibility index (Phi) is 4.88. The summed E-state index contributed by atoms with van der Waals surface area (Å²) in [5.41, 5.74) is 0.333. The van der Waals surface area contributed by atoms with Crippen molar-refractivity contribution in [3.8, 4) is 0 Å². The lowest BCUT2D eigenvalue weighted by atomic mass is 10.1. The number of rotatable bonds is 2. The standard InChI is InChI=1S/C17H24FN5O3/c18-13-14(11-1-2-11)20-16(21-15(13)24)22-5-7-23(8-6-22)17(25)19-12-3-9-26-10-4-12/h11-13H,1-10H2,(H,19,25). The fourth-order valence-electron chi connectivity index (χ4n) is 3.51. The highest BCUT2D eigenvalue weighted by Gasteiger charge is 2.40. The van der Waals surface area contributed by atoms with Crippen LogP contribution in [0.2, 0.25) is 0 Å². The zero-order valence-corrected chi connectivity index (χ0v) is 14.7. The van der Waals surface area contributed by atoms with Gasteiger partial charge in [-0.25, -0.2) is 14.2 Å². The summed E-state index contributed by atoms with van der Waals surface area (Å²) in [5, 5.41) is 3.05. The normalized spacial score (nSPS) is 27.9. The van der Waals surface area contributed by atoms with Crippen LogP contribution in [0.15, 0.2) is 9.98 Å². The molecular weight excluding hydrogens is 341 g/mol. The van der Waals surface area contributed by atoms with Crippen molar-refractivity contribution in [2.24, 2.45) is 15.9 Å². The van der Waals surface area contributed by atoms with E-state index in [1.54, 1.807) is 4.90 Å². The lowest BCUT2D eigenvalue weighted by Gasteiger charge is -2.37. The van der Waals surface area contributed by atoms with Crippen LogP contribution in [0.25, 0.3) is 0 Å². The molecule has 3 aliphatic heterocycles. The van der Waals surface area contributed by atoms with Gasteiger partial charge < -0.3 is 19.9 Å². The van der Waals surface area contributed by atoms with Crippen LogP contribution in [-0.4, -0.2) is 85.0 Å². The second-order valence-corrected chi connectivity index (χ2v) is 7.23. The Bertz CT molecular complexity index is 634. The van der Waals surface area contributed by atoms with E-state index < -0.39 is 12.1 Å². The molecule has 4 aliphatic rings. The Morgan fingerprint density at radius 3 is 2.42 bits per heavy atom. The first-order valence-corrected chi connectivity index (χ1v) is 9.35. The second-order valence-electron chi connectivity index (χ2n) is 7.23. The molecule has 1 aliphatic carbocycles. The number of hydrogen-bond acceptors (Lipinski definition) is 5. The van der Waals surface area contributed by atoms with Crippen molar-refractivity contribution in [3.05, 3.63) is 0 Å². The van der Waals surface area contributed by atoms with Crippen molar-refractivity contribution < 1.29 is 18.7 Å². The van der Waals surface area contributed by atoms with Gasteiger partial charge in [-0.05, 0) is 25.7 Å². The molecule has 1 unspecified atom stereocenters. The quantitative estimate of drug-likeness (QED) is 0.775. The van der Waals surface area contributed by atoms with E-state index in [1.807, 2.05) is 4.90 Å². The number of urea groups is 1. The number of aliphatic imine (C=N–C) groups is 2. The zero-order valence-electron chi connectivity index (χ0n) is 14.7. The van der Waals surface area contributed by atoms with Crippen LogP contribution in [0.5, 0.6) is 0 Å². The molecule has 142 valence electrons. The average molecular weight is 365 g/mol. The van der Waals surface area contributed by atoms with Crippen LogP contribution < -0.4 is 5.32 Å². The van der Waals surface area contributed by atoms with Gasteiger partial charge in [-0.3, -0.25) is 4.79 Å². The Balaban J connectivity index is 1.32. The number of guanidine groups is 1. The molecule has 0 spiro atoms. The number of piperazine rings is 1. The summed E-state index contributed by atoms with van der Waals surface area (Å²) in [6.45, 7) is 3.48. The van der Waals surface area contributed by atoms with Gasteiger partial charge in [-0.15, -0.1) is 0 Å². The number of hydrogen-bond donors (Lipinski definition) is 1. The third kappa shape index (κ3) is 3.72. The molecule has 1 saturated carbocycles. The molecule has 9 heteroatoms. The van der Waals surface area contributed by atoms with Gasteiger partial charge in [-0.2, -0.15) is 4.99 Å². The van der Waals surface area contributed by atoms with Gasteiger partial charge in [0, 0.05) is 51.4 Å². The molecular formula is C17H24FN5O3. The van der Waals surface area contributed by atoms with E-state index in [-0.39, 0.29) is 18.0 Å². The topological polar surface area (TPSA) is 86.6 Å². The van der Waals surface area contributed by atoms with E-state index in [9.17, 15) is 14.0 Å². The van der Waals surface area contributed by atoms with E-state index in [0.717, 1.165) is 25.7 Å². The van der Waals surface area contributed by atoms with Crippen molar-refractivity contribution in [1.29, 1.82) is 0 Å². The smallest absolute Gasteiger partial charge is 0.317 e. The van der Waals surface area contributed by atoms with Gasteiger partial charge in [0.15, 0.2) is 0 Å². The molecule has 4 rings (SSSR count). The molecule has 0 aromatic carbocycles. The number of amides is 3. The Hall–Kier alpha value is -2.03. The first kappa shape index (κ1) is 17.4. The minimum absolute atomic E-state index is 0.0656. The maximum absolute atomic E-state index is 14.0. The third-order valence-corrected chi connectivity index (χ3v) is 5.31. The molecule has 1 atom stereocenters. The predicted octanol–water partition coefficient (Wildman–Crippen LogP) is 0.578. The summed E-state index contributed by atoms with van der Waals surface area (Å²) in [7, 11) is 0. The molecule has 3 heterocycles. The summed E-state index contributed by atoms with van der Waals surface area (Å²) < 4.78 is 19.3. The van der Waals surface area contributed by atoms with Crippen molar-refractivity contribution >= 4 is 23.6 Å². The lowest BCUT2D eigenvalue weighted by molar-refractivity contribution is -0.120. The number of halogens is 1. The predicted molar refractivity (Wildman–Crippen MR) is 93.0 cm³/mol. The Morgan fingerprint density at radius 2 is 1.77 bits per heavy atom. The van der Waals surface area contributed by atoms with Crippen LogP contribution in [0.3, 0.4) is 0 Å². The van der Waals surface area contributed by atoms with E-state index in [1.165, 1.54) is 0 Å². The van der Waals surface area contributed by atoms with Gasteiger partial charge in [0.2, 0.25) is 12.1 Å². The van der Waals surface area contributed by atoms with Gasteiger partial charge in [0.05, 0.1) is 5.71 Å². The maximum Gasteiger partial charge on any atom is 0.317 e. The van der Waals surface area contributed by atoms with E-state index in [2.05, 4.69) is 15.3 Å². The maximum atomic E-state index is 14.0. The van der Waals surface area contributed by atoms with Crippen molar-refractivity contribution in [2.75, 3.05) is 39.4 Å². The molecule has 1 N–H and O–H groups in total. The number of carbonyl (C=O) groups excluding carboxylic acids is 2. The molecule has 0 aromatic heterocycles. The largest absolute Gasteiger partial charge is 0.381 e. The van der Waals surface area contributed by atoms with E-state index >= 15 is 0 Å². The highest BCUT2D eigenvalue weighted by molar-refractivity contribution is 6.18. The third-order valence-electron chi connectivity index (χ3n) is 5.31. The van der Waals surface area contributed by atoms with Crippen LogP contribution in [-0.2, 0) is 9.53 Å². The fourth-order valence-corrected chi connectivity index (χ4v) is 3.51. The molecule has 8 nitrogen and oxygen atoms in total. The minimum atomic E-state index is -1.68. The van der Waals surface area contributed by atoms with Crippen LogP contribution in [0.4, 0.5) is 9.18 Å². The summed E-state index contributed by atoms with van der Waals surface area (Å²) in [6, 6.07) is 0.103. The van der Waals surface area contributed by atoms with Gasteiger partial charge >= 0.3 is 6.03 Å². The molecule has 3 amide bonds. The molecule has 0 aromatic rings.